The molecule has 0 N–H and O–H groups in total. The van der Waals surface area contributed by atoms with Crippen molar-refractivity contribution in [1.29, 1.82) is 5.26 Å². The fourth-order valence-corrected chi connectivity index (χ4v) is 2.04. The molecule has 1 fully saturated rings. The van der Waals surface area contributed by atoms with E-state index in [2.05, 4.69) is 39.0 Å². The van der Waals surface area contributed by atoms with E-state index in [0.717, 1.165) is 12.8 Å². The van der Waals surface area contributed by atoms with Crippen LogP contribution in [0.1, 0.15) is 35.1 Å². The predicted molar refractivity (Wildman–Crippen MR) is 57.2 cm³/mol. The fraction of sp³-hybridized carbons (Fsp3) is 0.462. The van der Waals surface area contributed by atoms with Crippen molar-refractivity contribution in [3.05, 3.63) is 34.4 Å². The van der Waals surface area contributed by atoms with Crippen LogP contribution in [0.4, 0.5) is 0 Å². The van der Waals surface area contributed by atoms with E-state index in [1.807, 2.05) is 0 Å². The van der Waals surface area contributed by atoms with Gasteiger partial charge < -0.3 is 0 Å². The molecule has 1 aromatic rings. The van der Waals surface area contributed by atoms with E-state index in [1.165, 1.54) is 22.3 Å². The fourth-order valence-electron chi connectivity index (χ4n) is 2.04. The standard InChI is InChI=1S/C13H15N/c1-9-4-5-12(11(3)10(9)2)13(8-14)6-7-13/h4-5H,6-7H2,1-3H3. The van der Waals surface area contributed by atoms with Gasteiger partial charge in [0, 0.05) is 0 Å². The first-order valence-electron chi connectivity index (χ1n) is 5.09. The van der Waals surface area contributed by atoms with Gasteiger partial charge in [-0.05, 0) is 55.9 Å². The lowest BCUT2D eigenvalue weighted by Crippen LogP contribution is -2.06. The molecule has 2 rings (SSSR count). The third-order valence-electron chi connectivity index (χ3n) is 3.54. The summed E-state index contributed by atoms with van der Waals surface area (Å²) in [5.41, 5.74) is 5.08. The van der Waals surface area contributed by atoms with Gasteiger partial charge in [0.2, 0.25) is 0 Å². The molecule has 1 aliphatic rings. The van der Waals surface area contributed by atoms with Gasteiger partial charge >= 0.3 is 0 Å². The Bertz CT molecular complexity index is 420. The largest absolute Gasteiger partial charge is 0.197 e. The summed E-state index contributed by atoms with van der Waals surface area (Å²) in [5, 5.41) is 9.14. The number of hydrogen-bond donors (Lipinski definition) is 0. The highest BCUT2D eigenvalue weighted by Gasteiger charge is 2.45. The number of nitriles is 1. The second kappa shape index (κ2) is 2.85. The quantitative estimate of drug-likeness (QED) is 0.659. The van der Waals surface area contributed by atoms with Gasteiger partial charge in [-0.2, -0.15) is 5.26 Å². The third-order valence-corrected chi connectivity index (χ3v) is 3.54. The van der Waals surface area contributed by atoms with Crippen LogP contribution in [0.2, 0.25) is 0 Å². The second-order valence-corrected chi connectivity index (χ2v) is 4.37. The first-order chi connectivity index (χ1) is 6.60. The number of aryl methyl sites for hydroxylation is 1. The number of rotatable bonds is 1. The zero-order valence-electron chi connectivity index (χ0n) is 9.02. The summed E-state index contributed by atoms with van der Waals surface area (Å²) >= 11 is 0. The Morgan fingerprint density at radius 2 is 1.79 bits per heavy atom. The molecule has 0 bridgehead atoms. The Kier molecular flexibility index (Phi) is 1.89. The average Bonchev–Trinajstić information content (AvgIpc) is 2.95. The summed E-state index contributed by atoms with van der Waals surface area (Å²) in [6, 6.07) is 6.72. The smallest absolute Gasteiger partial charge is 0.0826 e. The van der Waals surface area contributed by atoms with Crippen LogP contribution in [0, 0.1) is 32.1 Å². The molecule has 0 saturated heterocycles. The third kappa shape index (κ3) is 1.14. The second-order valence-electron chi connectivity index (χ2n) is 4.37. The van der Waals surface area contributed by atoms with Gasteiger partial charge in [-0.15, -0.1) is 0 Å². The molecule has 1 heteroatoms. The lowest BCUT2D eigenvalue weighted by atomic mass is 9.89. The maximum atomic E-state index is 9.14. The summed E-state index contributed by atoms with van der Waals surface area (Å²) in [6.45, 7) is 6.40. The maximum absolute atomic E-state index is 9.14. The maximum Gasteiger partial charge on any atom is 0.0826 e. The highest BCUT2D eigenvalue weighted by molar-refractivity contribution is 5.48. The molecule has 1 aliphatic carbocycles. The molecule has 14 heavy (non-hydrogen) atoms. The summed E-state index contributed by atoms with van der Waals surface area (Å²) in [4.78, 5) is 0. The zero-order valence-corrected chi connectivity index (χ0v) is 9.02. The normalized spacial score (nSPS) is 17.6. The van der Waals surface area contributed by atoms with E-state index in [9.17, 15) is 0 Å². The van der Waals surface area contributed by atoms with Crippen LogP contribution < -0.4 is 0 Å². The van der Waals surface area contributed by atoms with Crippen molar-refractivity contribution in [3.63, 3.8) is 0 Å². The summed E-state index contributed by atoms with van der Waals surface area (Å²) in [6.07, 6.45) is 2.07. The highest BCUT2D eigenvalue weighted by atomic mass is 14.5. The molecule has 0 heterocycles. The van der Waals surface area contributed by atoms with Crippen molar-refractivity contribution >= 4 is 0 Å². The minimum Gasteiger partial charge on any atom is -0.197 e. The number of benzene rings is 1. The molecule has 1 saturated carbocycles. The van der Waals surface area contributed by atoms with E-state index in [0.29, 0.717) is 0 Å². The van der Waals surface area contributed by atoms with E-state index in [1.54, 1.807) is 0 Å². The lowest BCUT2D eigenvalue weighted by Gasteiger charge is -2.14. The van der Waals surface area contributed by atoms with Gasteiger partial charge in [0.05, 0.1) is 11.5 Å². The topological polar surface area (TPSA) is 23.8 Å². The molecule has 0 atom stereocenters. The van der Waals surface area contributed by atoms with Gasteiger partial charge in [0.15, 0.2) is 0 Å². The van der Waals surface area contributed by atoms with E-state index in [-0.39, 0.29) is 5.41 Å². The predicted octanol–water partition coefficient (Wildman–Crippen LogP) is 3.17. The van der Waals surface area contributed by atoms with Gasteiger partial charge in [0.25, 0.3) is 0 Å². The molecule has 1 nitrogen and oxygen atoms in total. The Balaban J connectivity index is 2.57. The monoisotopic (exact) mass is 185 g/mol. The molecule has 0 aromatic heterocycles. The van der Waals surface area contributed by atoms with Crippen molar-refractivity contribution in [2.24, 2.45) is 0 Å². The summed E-state index contributed by atoms with van der Waals surface area (Å²) in [5.74, 6) is 0. The van der Waals surface area contributed by atoms with Crippen LogP contribution >= 0.6 is 0 Å². The van der Waals surface area contributed by atoms with Crippen LogP contribution in [-0.4, -0.2) is 0 Å². The summed E-state index contributed by atoms with van der Waals surface area (Å²) < 4.78 is 0. The SMILES string of the molecule is Cc1ccc(C2(C#N)CC2)c(C)c1C. The minimum atomic E-state index is -0.136. The van der Waals surface area contributed by atoms with E-state index in [4.69, 9.17) is 5.26 Å². The molecule has 1 aromatic carbocycles. The van der Waals surface area contributed by atoms with Crippen LogP contribution in [0.3, 0.4) is 0 Å². The Hall–Kier alpha value is -1.29. The Morgan fingerprint density at radius 3 is 2.29 bits per heavy atom. The average molecular weight is 185 g/mol. The molecular formula is C13H15N. The van der Waals surface area contributed by atoms with Gasteiger partial charge in [0.1, 0.15) is 0 Å². The van der Waals surface area contributed by atoms with Gasteiger partial charge in [-0.3, -0.25) is 0 Å². The van der Waals surface area contributed by atoms with Gasteiger partial charge in [-0.1, -0.05) is 12.1 Å². The van der Waals surface area contributed by atoms with Crippen molar-refractivity contribution in [2.45, 2.75) is 39.0 Å². The van der Waals surface area contributed by atoms with Gasteiger partial charge in [-0.25, -0.2) is 0 Å². The van der Waals surface area contributed by atoms with Crippen LogP contribution in [-0.2, 0) is 5.41 Å². The zero-order chi connectivity index (χ0) is 10.3. The van der Waals surface area contributed by atoms with Crippen LogP contribution in [0.15, 0.2) is 12.1 Å². The lowest BCUT2D eigenvalue weighted by molar-refractivity contribution is 0.889. The minimum absolute atomic E-state index is 0.136. The van der Waals surface area contributed by atoms with Crippen LogP contribution in [0.5, 0.6) is 0 Å². The van der Waals surface area contributed by atoms with Crippen molar-refractivity contribution < 1.29 is 0 Å². The van der Waals surface area contributed by atoms with E-state index >= 15 is 0 Å². The first-order valence-corrected chi connectivity index (χ1v) is 5.09. The molecule has 0 spiro atoms. The first kappa shape index (κ1) is 9.27. The van der Waals surface area contributed by atoms with Crippen molar-refractivity contribution in [3.8, 4) is 6.07 Å². The molecule has 0 unspecified atom stereocenters. The molecule has 72 valence electrons. The number of hydrogen-bond acceptors (Lipinski definition) is 1. The molecule has 0 aliphatic heterocycles. The van der Waals surface area contributed by atoms with Crippen LogP contribution in [0.25, 0.3) is 0 Å². The van der Waals surface area contributed by atoms with Crippen molar-refractivity contribution in [1.82, 2.24) is 0 Å². The molecular weight excluding hydrogens is 170 g/mol. The molecule has 0 radical (unpaired) electrons. The molecule has 0 amide bonds. The summed E-state index contributed by atoms with van der Waals surface area (Å²) in [7, 11) is 0. The van der Waals surface area contributed by atoms with Crippen molar-refractivity contribution in [2.75, 3.05) is 0 Å². The Morgan fingerprint density at radius 1 is 1.14 bits per heavy atom. The Labute approximate surface area is 85.4 Å². The number of nitrogens with zero attached hydrogens (tertiary/aromatic N) is 1. The highest BCUT2D eigenvalue weighted by Crippen LogP contribution is 2.49. The van der Waals surface area contributed by atoms with E-state index < -0.39 is 0 Å².